The molecule has 7 nitrogen and oxygen atoms in total. The van der Waals surface area contributed by atoms with Crippen LogP contribution in [0.4, 0.5) is 28.0 Å². The molecule has 3 amide bonds. The molecule has 0 spiro atoms. The molecule has 0 aromatic heterocycles. The van der Waals surface area contributed by atoms with Crippen LogP contribution in [0.25, 0.3) is 0 Å². The Morgan fingerprint density at radius 2 is 1.54 bits per heavy atom. The number of Topliss-reactive ketones (excluding diaryl/α,β-unsaturated/α-hetero) is 1. The first-order chi connectivity index (χ1) is 16.6. The van der Waals surface area contributed by atoms with Gasteiger partial charge in [0.25, 0.3) is 0 Å². The number of hydrogen-bond acceptors (Lipinski definition) is 4. The van der Waals surface area contributed by atoms with Crippen LogP contribution in [0.2, 0.25) is 0 Å². The van der Waals surface area contributed by atoms with Crippen molar-refractivity contribution in [2.45, 2.75) is 19.6 Å². The summed E-state index contributed by atoms with van der Waals surface area (Å²) in [6.45, 7) is 4.92. The van der Waals surface area contributed by atoms with Gasteiger partial charge in [-0.25, -0.2) is 9.18 Å². The van der Waals surface area contributed by atoms with E-state index in [1.807, 2.05) is 0 Å². The Morgan fingerprint density at radius 3 is 2.09 bits per heavy atom. The highest BCUT2D eigenvalue weighted by atomic mass is 19.4. The SMILES string of the molecule is CCN1CCN(C(=O)N(Cc2ccc(C(=O)CNC(=O)C(F)(F)F)cc2)c2ccc(F)cc2)CC1. The van der Waals surface area contributed by atoms with Crippen LogP contribution in [0, 0.1) is 5.82 Å². The number of halogens is 4. The van der Waals surface area contributed by atoms with Gasteiger partial charge in [-0.1, -0.05) is 31.2 Å². The molecule has 0 aliphatic carbocycles. The van der Waals surface area contributed by atoms with Gasteiger partial charge in [0.15, 0.2) is 5.78 Å². The maximum atomic E-state index is 13.5. The van der Waals surface area contributed by atoms with E-state index in [2.05, 4.69) is 11.8 Å². The van der Waals surface area contributed by atoms with E-state index in [0.29, 0.717) is 24.3 Å². The van der Waals surface area contributed by atoms with Crippen molar-refractivity contribution in [3.63, 3.8) is 0 Å². The summed E-state index contributed by atoms with van der Waals surface area (Å²) in [4.78, 5) is 41.9. The molecule has 1 aliphatic rings. The standard InChI is InChI=1S/C24H26F4N4O3/c1-2-30-11-13-31(14-12-30)23(35)32(20-9-7-19(25)8-10-20)16-17-3-5-18(6-4-17)21(33)15-29-22(34)24(26,27)28/h3-10H,2,11-16H2,1H3,(H,29,34). The fourth-order valence-electron chi connectivity index (χ4n) is 3.66. The summed E-state index contributed by atoms with van der Waals surface area (Å²) in [7, 11) is 0. The number of carbonyl (C=O) groups is 3. The lowest BCUT2D eigenvalue weighted by molar-refractivity contribution is -0.173. The molecule has 11 heteroatoms. The number of ketones is 1. The zero-order valence-corrected chi connectivity index (χ0v) is 19.1. The predicted octanol–water partition coefficient (Wildman–Crippen LogP) is 3.45. The molecule has 1 aliphatic heterocycles. The minimum atomic E-state index is -5.07. The Bertz CT molecular complexity index is 1030. The van der Waals surface area contributed by atoms with Gasteiger partial charge in [-0.05, 0) is 36.4 Å². The van der Waals surface area contributed by atoms with Crippen molar-refractivity contribution < 1.29 is 31.9 Å². The lowest BCUT2D eigenvalue weighted by atomic mass is 10.1. The van der Waals surface area contributed by atoms with Crippen LogP contribution in [0.5, 0.6) is 0 Å². The van der Waals surface area contributed by atoms with Crippen LogP contribution in [0.15, 0.2) is 48.5 Å². The molecular weight excluding hydrogens is 468 g/mol. The number of nitrogens with one attached hydrogen (secondary N) is 1. The third-order valence-electron chi connectivity index (χ3n) is 5.74. The maximum Gasteiger partial charge on any atom is 0.471 e. The van der Waals surface area contributed by atoms with Crippen molar-refractivity contribution in [2.75, 3.05) is 44.2 Å². The van der Waals surface area contributed by atoms with Crippen LogP contribution < -0.4 is 10.2 Å². The molecule has 1 heterocycles. The molecule has 2 aromatic carbocycles. The number of hydrogen-bond donors (Lipinski definition) is 1. The van der Waals surface area contributed by atoms with E-state index < -0.39 is 30.2 Å². The zero-order chi connectivity index (χ0) is 25.6. The van der Waals surface area contributed by atoms with Crippen molar-refractivity contribution >= 4 is 23.4 Å². The molecule has 0 atom stereocenters. The minimum Gasteiger partial charge on any atom is -0.341 e. The van der Waals surface area contributed by atoms with Gasteiger partial charge in [0.1, 0.15) is 5.82 Å². The molecule has 2 aromatic rings. The summed E-state index contributed by atoms with van der Waals surface area (Å²) in [6, 6.07) is 11.3. The van der Waals surface area contributed by atoms with Gasteiger partial charge < -0.3 is 15.1 Å². The number of alkyl halides is 3. The Labute approximate surface area is 200 Å². The summed E-state index contributed by atoms with van der Waals surface area (Å²) in [5.41, 5.74) is 1.28. The number of likely N-dealkylation sites (N-methyl/N-ethyl adjacent to an activating group) is 1. The minimum absolute atomic E-state index is 0.117. The highest BCUT2D eigenvalue weighted by molar-refractivity contribution is 5.99. The van der Waals surface area contributed by atoms with E-state index in [4.69, 9.17) is 0 Å². The molecule has 0 radical (unpaired) electrons. The van der Waals surface area contributed by atoms with Crippen LogP contribution in [0.3, 0.4) is 0 Å². The van der Waals surface area contributed by atoms with Crippen molar-refractivity contribution in [3.05, 3.63) is 65.5 Å². The topological polar surface area (TPSA) is 73.0 Å². The van der Waals surface area contributed by atoms with E-state index in [9.17, 15) is 31.9 Å². The van der Waals surface area contributed by atoms with Crippen molar-refractivity contribution in [2.24, 2.45) is 0 Å². The van der Waals surface area contributed by atoms with Gasteiger partial charge >= 0.3 is 18.1 Å². The monoisotopic (exact) mass is 494 g/mol. The van der Waals surface area contributed by atoms with Crippen molar-refractivity contribution in [3.8, 4) is 0 Å². The highest BCUT2D eigenvalue weighted by Gasteiger charge is 2.38. The number of piperazine rings is 1. The van der Waals surface area contributed by atoms with E-state index in [1.165, 1.54) is 41.3 Å². The molecular formula is C24H26F4N4O3. The summed E-state index contributed by atoms with van der Waals surface area (Å²) < 4.78 is 50.4. The third kappa shape index (κ3) is 7.01. The molecule has 188 valence electrons. The smallest absolute Gasteiger partial charge is 0.341 e. The largest absolute Gasteiger partial charge is 0.471 e. The first kappa shape index (κ1) is 26.1. The first-order valence-electron chi connectivity index (χ1n) is 11.1. The zero-order valence-electron chi connectivity index (χ0n) is 19.1. The van der Waals surface area contributed by atoms with Gasteiger partial charge in [-0.15, -0.1) is 0 Å². The quantitative estimate of drug-likeness (QED) is 0.473. The average molecular weight is 494 g/mol. The summed E-state index contributed by atoms with van der Waals surface area (Å²) in [5.74, 6) is -3.30. The van der Waals surface area contributed by atoms with Crippen LogP contribution >= 0.6 is 0 Å². The summed E-state index contributed by atoms with van der Waals surface area (Å²) in [6.07, 6.45) is -5.07. The van der Waals surface area contributed by atoms with Gasteiger partial charge in [-0.3, -0.25) is 14.5 Å². The molecule has 3 rings (SSSR count). The Hall–Kier alpha value is -3.47. The van der Waals surface area contributed by atoms with Crippen LogP contribution in [-0.2, 0) is 11.3 Å². The number of anilines is 1. The van der Waals surface area contributed by atoms with Crippen LogP contribution in [-0.4, -0.2) is 73.0 Å². The second-order valence-corrected chi connectivity index (χ2v) is 8.07. The van der Waals surface area contributed by atoms with E-state index >= 15 is 0 Å². The summed E-state index contributed by atoms with van der Waals surface area (Å²) >= 11 is 0. The van der Waals surface area contributed by atoms with E-state index in [1.54, 1.807) is 22.3 Å². The molecule has 1 saturated heterocycles. The number of rotatable bonds is 7. The van der Waals surface area contributed by atoms with E-state index in [-0.39, 0.29) is 18.1 Å². The van der Waals surface area contributed by atoms with Gasteiger partial charge in [0, 0.05) is 37.4 Å². The molecule has 0 saturated carbocycles. The predicted molar refractivity (Wildman–Crippen MR) is 122 cm³/mol. The second-order valence-electron chi connectivity index (χ2n) is 8.07. The van der Waals surface area contributed by atoms with Crippen LogP contribution in [0.1, 0.15) is 22.8 Å². The van der Waals surface area contributed by atoms with Gasteiger partial charge in [0.2, 0.25) is 0 Å². The van der Waals surface area contributed by atoms with Gasteiger partial charge in [0.05, 0.1) is 13.1 Å². The van der Waals surface area contributed by atoms with E-state index in [0.717, 1.165) is 19.6 Å². The summed E-state index contributed by atoms with van der Waals surface area (Å²) in [5, 5.41) is 1.55. The molecule has 35 heavy (non-hydrogen) atoms. The third-order valence-corrected chi connectivity index (χ3v) is 5.74. The lowest BCUT2D eigenvalue weighted by Crippen LogP contribution is -2.52. The Kier molecular flexibility index (Phi) is 8.44. The number of amides is 3. The number of urea groups is 1. The fourth-order valence-corrected chi connectivity index (χ4v) is 3.66. The molecule has 0 unspecified atom stereocenters. The van der Waals surface area contributed by atoms with Crippen molar-refractivity contribution in [1.29, 1.82) is 0 Å². The second kappa shape index (κ2) is 11.3. The molecule has 1 fully saturated rings. The fraction of sp³-hybridized carbons (Fsp3) is 0.375. The highest BCUT2D eigenvalue weighted by Crippen LogP contribution is 2.21. The average Bonchev–Trinajstić information content (AvgIpc) is 2.85. The number of nitrogens with zero attached hydrogens (tertiary/aromatic N) is 3. The maximum absolute atomic E-state index is 13.5. The van der Waals surface area contributed by atoms with Crippen molar-refractivity contribution in [1.82, 2.24) is 15.1 Å². The Balaban J connectivity index is 1.71. The first-order valence-corrected chi connectivity index (χ1v) is 11.1. The number of benzene rings is 2. The lowest BCUT2D eigenvalue weighted by Gasteiger charge is -2.37. The normalized spacial score (nSPS) is 14.5. The molecule has 1 N–H and O–H groups in total. The number of carbonyl (C=O) groups excluding carboxylic acids is 3. The van der Waals surface area contributed by atoms with Gasteiger partial charge in [-0.2, -0.15) is 13.2 Å². The Morgan fingerprint density at radius 1 is 0.943 bits per heavy atom. The molecule has 0 bridgehead atoms.